The molecule has 2 aromatic rings. The summed E-state index contributed by atoms with van der Waals surface area (Å²) in [5, 5.41) is 16.8. The normalized spacial score (nSPS) is 10.7. The van der Waals surface area contributed by atoms with Crippen molar-refractivity contribution in [1.82, 2.24) is 15.0 Å². The van der Waals surface area contributed by atoms with Crippen LogP contribution in [0, 0.1) is 0 Å². The van der Waals surface area contributed by atoms with Crippen molar-refractivity contribution < 1.29 is 14.6 Å². The summed E-state index contributed by atoms with van der Waals surface area (Å²) in [5.74, 6) is -0.373. The van der Waals surface area contributed by atoms with E-state index in [4.69, 9.17) is 4.74 Å². The summed E-state index contributed by atoms with van der Waals surface area (Å²) >= 11 is 0. The maximum Gasteiger partial charge on any atom is 0.358 e. The van der Waals surface area contributed by atoms with Crippen LogP contribution < -0.4 is 4.74 Å². The molecule has 0 saturated carbocycles. The fraction of sp³-hybridized carbons (Fsp3) is 0.308. The first-order valence-corrected chi connectivity index (χ1v) is 5.87. The van der Waals surface area contributed by atoms with E-state index in [1.54, 1.807) is 36.1 Å². The smallest absolute Gasteiger partial charge is 0.358 e. The molecule has 0 unspecified atom stereocenters. The lowest BCUT2D eigenvalue weighted by Gasteiger charge is -2.10. The zero-order valence-electron chi connectivity index (χ0n) is 11.0. The third-order valence-electron chi connectivity index (χ3n) is 2.75. The number of hydrogen-bond acceptors (Lipinski definition) is 4. The van der Waals surface area contributed by atoms with Crippen molar-refractivity contribution in [3.8, 4) is 17.0 Å². The number of rotatable bonds is 4. The third kappa shape index (κ3) is 2.42. The Morgan fingerprint density at radius 1 is 1.32 bits per heavy atom. The van der Waals surface area contributed by atoms with E-state index in [1.807, 2.05) is 13.8 Å². The zero-order chi connectivity index (χ0) is 14.0. The number of ether oxygens (including phenoxy) is 1. The molecule has 0 spiro atoms. The summed E-state index contributed by atoms with van der Waals surface area (Å²) in [6, 6.07) is 7.17. The van der Waals surface area contributed by atoms with Crippen LogP contribution in [0.1, 0.15) is 30.4 Å². The number of carboxylic acids is 1. The molecule has 0 saturated heterocycles. The van der Waals surface area contributed by atoms with Crippen LogP contribution in [0.15, 0.2) is 24.3 Å². The molecule has 0 aliphatic carbocycles. The second kappa shape index (κ2) is 5.09. The largest absolute Gasteiger partial charge is 0.497 e. The minimum atomic E-state index is -1.09. The van der Waals surface area contributed by atoms with Crippen LogP contribution in [0.4, 0.5) is 0 Å². The molecule has 0 amide bonds. The second-order valence-corrected chi connectivity index (χ2v) is 4.36. The van der Waals surface area contributed by atoms with E-state index in [2.05, 4.69) is 10.3 Å². The minimum Gasteiger partial charge on any atom is -0.497 e. The first kappa shape index (κ1) is 13.1. The topological polar surface area (TPSA) is 77.2 Å². The Morgan fingerprint density at radius 2 is 1.95 bits per heavy atom. The number of carboxylic acid groups (broad SMARTS) is 1. The van der Waals surface area contributed by atoms with E-state index in [0.29, 0.717) is 11.4 Å². The molecule has 0 atom stereocenters. The summed E-state index contributed by atoms with van der Waals surface area (Å²) in [5.41, 5.74) is 1.21. The number of nitrogens with zero attached hydrogens (tertiary/aromatic N) is 3. The molecule has 6 heteroatoms. The molecular weight excluding hydrogens is 246 g/mol. The molecule has 100 valence electrons. The van der Waals surface area contributed by atoms with Crippen LogP contribution in [0.25, 0.3) is 11.3 Å². The average molecular weight is 261 g/mol. The molecule has 1 aromatic heterocycles. The van der Waals surface area contributed by atoms with Crippen molar-refractivity contribution in [2.75, 3.05) is 7.11 Å². The van der Waals surface area contributed by atoms with Crippen LogP contribution in [0.3, 0.4) is 0 Å². The molecule has 1 N–H and O–H groups in total. The molecule has 2 rings (SSSR count). The third-order valence-corrected chi connectivity index (χ3v) is 2.75. The summed E-state index contributed by atoms with van der Waals surface area (Å²) < 4.78 is 6.69. The van der Waals surface area contributed by atoms with Gasteiger partial charge in [0.15, 0.2) is 5.69 Å². The summed E-state index contributed by atoms with van der Waals surface area (Å²) in [7, 11) is 1.58. The van der Waals surface area contributed by atoms with Gasteiger partial charge in [0.2, 0.25) is 0 Å². The van der Waals surface area contributed by atoms with Gasteiger partial charge in [0.25, 0.3) is 0 Å². The van der Waals surface area contributed by atoms with E-state index in [9.17, 15) is 9.90 Å². The Kier molecular flexibility index (Phi) is 3.50. The lowest BCUT2D eigenvalue weighted by molar-refractivity contribution is 0.0691. The van der Waals surface area contributed by atoms with Gasteiger partial charge < -0.3 is 9.84 Å². The molecule has 0 aliphatic heterocycles. The average Bonchev–Trinajstić information content (AvgIpc) is 2.83. The van der Waals surface area contributed by atoms with Crippen molar-refractivity contribution in [1.29, 1.82) is 0 Å². The summed E-state index contributed by atoms with van der Waals surface area (Å²) in [6.07, 6.45) is 0. The lowest BCUT2D eigenvalue weighted by atomic mass is 10.1. The van der Waals surface area contributed by atoms with Gasteiger partial charge in [-0.1, -0.05) is 5.21 Å². The van der Waals surface area contributed by atoms with Crippen molar-refractivity contribution in [3.05, 3.63) is 30.0 Å². The molecule has 1 heterocycles. The van der Waals surface area contributed by atoms with Crippen molar-refractivity contribution >= 4 is 5.97 Å². The standard InChI is InChI=1S/C13H15N3O3/c1-8(2)16-12(11(13(17)18)14-15-16)9-4-6-10(19-3)7-5-9/h4-8H,1-3H3,(H,17,18). The molecular formula is C13H15N3O3. The van der Waals surface area contributed by atoms with Crippen molar-refractivity contribution in [3.63, 3.8) is 0 Å². The monoisotopic (exact) mass is 261 g/mol. The fourth-order valence-electron chi connectivity index (χ4n) is 1.82. The molecule has 1 aromatic carbocycles. The molecule has 6 nitrogen and oxygen atoms in total. The second-order valence-electron chi connectivity index (χ2n) is 4.36. The molecule has 0 aliphatic rings. The predicted molar refractivity (Wildman–Crippen MR) is 69.4 cm³/mol. The summed E-state index contributed by atoms with van der Waals surface area (Å²) in [6.45, 7) is 3.85. The highest BCUT2D eigenvalue weighted by Crippen LogP contribution is 2.26. The van der Waals surface area contributed by atoms with E-state index in [-0.39, 0.29) is 11.7 Å². The van der Waals surface area contributed by atoms with E-state index < -0.39 is 5.97 Å². The van der Waals surface area contributed by atoms with Crippen LogP contribution >= 0.6 is 0 Å². The van der Waals surface area contributed by atoms with E-state index in [1.165, 1.54) is 0 Å². The fourth-order valence-corrected chi connectivity index (χ4v) is 1.82. The van der Waals surface area contributed by atoms with Crippen molar-refractivity contribution in [2.24, 2.45) is 0 Å². The van der Waals surface area contributed by atoms with Gasteiger partial charge in [-0.3, -0.25) is 0 Å². The van der Waals surface area contributed by atoms with Gasteiger partial charge in [0, 0.05) is 11.6 Å². The number of benzene rings is 1. The van der Waals surface area contributed by atoms with Gasteiger partial charge in [-0.2, -0.15) is 0 Å². The Balaban J connectivity index is 2.57. The first-order valence-electron chi connectivity index (χ1n) is 5.87. The Bertz CT molecular complexity index is 588. The van der Waals surface area contributed by atoms with Crippen LogP contribution in [-0.4, -0.2) is 33.2 Å². The van der Waals surface area contributed by atoms with Gasteiger partial charge in [0.05, 0.1) is 7.11 Å². The highest BCUT2D eigenvalue weighted by molar-refractivity contribution is 5.92. The molecule has 0 fully saturated rings. The van der Waals surface area contributed by atoms with Crippen LogP contribution in [0.5, 0.6) is 5.75 Å². The van der Waals surface area contributed by atoms with Crippen molar-refractivity contribution in [2.45, 2.75) is 19.9 Å². The van der Waals surface area contributed by atoms with Gasteiger partial charge in [-0.05, 0) is 38.1 Å². The lowest BCUT2D eigenvalue weighted by Crippen LogP contribution is -2.07. The molecule has 0 radical (unpaired) electrons. The number of methoxy groups -OCH3 is 1. The predicted octanol–water partition coefficient (Wildman–Crippen LogP) is 2.23. The van der Waals surface area contributed by atoms with Gasteiger partial charge >= 0.3 is 5.97 Å². The minimum absolute atomic E-state index is 0.0256. The van der Waals surface area contributed by atoms with E-state index in [0.717, 1.165) is 5.56 Å². The van der Waals surface area contributed by atoms with E-state index >= 15 is 0 Å². The first-order chi connectivity index (χ1) is 9.04. The Labute approximate surface area is 110 Å². The number of hydrogen-bond donors (Lipinski definition) is 1. The quantitative estimate of drug-likeness (QED) is 0.913. The molecule has 19 heavy (non-hydrogen) atoms. The SMILES string of the molecule is COc1ccc(-c2c(C(=O)O)nnn2C(C)C)cc1. The highest BCUT2D eigenvalue weighted by atomic mass is 16.5. The number of carbonyl (C=O) groups is 1. The van der Waals surface area contributed by atoms with Crippen LogP contribution in [-0.2, 0) is 0 Å². The number of aromatic nitrogens is 3. The maximum atomic E-state index is 11.2. The van der Waals surface area contributed by atoms with Gasteiger partial charge in [-0.25, -0.2) is 9.48 Å². The maximum absolute atomic E-state index is 11.2. The summed E-state index contributed by atoms with van der Waals surface area (Å²) in [4.78, 5) is 11.2. The van der Waals surface area contributed by atoms with Gasteiger partial charge in [0.1, 0.15) is 11.4 Å². The van der Waals surface area contributed by atoms with Gasteiger partial charge in [-0.15, -0.1) is 5.10 Å². The van der Waals surface area contributed by atoms with Crippen LogP contribution in [0.2, 0.25) is 0 Å². The molecule has 0 bridgehead atoms. The number of aromatic carboxylic acids is 1. The highest BCUT2D eigenvalue weighted by Gasteiger charge is 2.21. The Hall–Kier alpha value is -2.37. The Morgan fingerprint density at radius 3 is 2.42 bits per heavy atom. The zero-order valence-corrected chi connectivity index (χ0v) is 11.0.